The number of aromatic hydroxyl groups is 1. The molecule has 1 saturated heterocycles. The minimum Gasteiger partial charge on any atom is -0.504 e. The van der Waals surface area contributed by atoms with Crippen LogP contribution in [0.1, 0.15) is 42.4 Å². The molecule has 44 heavy (non-hydrogen) atoms. The van der Waals surface area contributed by atoms with Gasteiger partial charge in [-0.1, -0.05) is 36.4 Å². The topological polar surface area (TPSA) is 192 Å². The number of hydrogen-bond acceptors (Lipinski definition) is 12. The van der Waals surface area contributed by atoms with Gasteiger partial charge in [0, 0.05) is 25.7 Å². The van der Waals surface area contributed by atoms with Gasteiger partial charge >= 0.3 is 11.9 Å². The van der Waals surface area contributed by atoms with Crippen LogP contribution in [0.15, 0.2) is 60.2 Å². The van der Waals surface area contributed by atoms with Crippen molar-refractivity contribution in [2.24, 2.45) is 0 Å². The number of hydrogen-bond donors (Lipinski definition) is 6. The molecule has 7 unspecified atom stereocenters. The molecule has 238 valence electrons. The van der Waals surface area contributed by atoms with Crippen LogP contribution in [0.4, 0.5) is 0 Å². The number of aliphatic hydroxyl groups is 5. The number of methoxy groups -OCH3 is 1. The predicted molar refractivity (Wildman–Crippen MR) is 155 cm³/mol. The first-order valence-corrected chi connectivity index (χ1v) is 14.2. The second-order valence-electron chi connectivity index (χ2n) is 10.8. The summed E-state index contributed by atoms with van der Waals surface area (Å²) in [4.78, 5) is 25.9. The molecule has 4 rings (SSSR count). The fourth-order valence-electron chi connectivity index (χ4n) is 5.50. The molecule has 2 aliphatic heterocycles. The number of rotatable bonds is 12. The number of fused-ring (bicyclic) bond motifs is 2. The number of phenolic OH excluding ortho intramolecular Hbond substituents is 1. The van der Waals surface area contributed by atoms with Gasteiger partial charge in [-0.15, -0.1) is 0 Å². The lowest BCUT2D eigenvalue weighted by atomic mass is 9.85. The second kappa shape index (κ2) is 14.3. The molecular weight excluding hydrogens is 576 g/mol. The lowest BCUT2D eigenvalue weighted by Crippen LogP contribution is -2.69. The highest BCUT2D eigenvalue weighted by atomic mass is 16.7. The molecule has 0 aliphatic carbocycles. The van der Waals surface area contributed by atoms with Gasteiger partial charge in [0.1, 0.15) is 18.3 Å². The van der Waals surface area contributed by atoms with Crippen LogP contribution in [-0.4, -0.2) is 99.2 Å². The molecule has 12 nitrogen and oxygen atoms in total. The normalized spacial score (nSPS) is 27.0. The van der Waals surface area contributed by atoms with Crippen molar-refractivity contribution in [2.75, 3.05) is 20.3 Å². The molecule has 0 radical (unpaired) electrons. The summed E-state index contributed by atoms with van der Waals surface area (Å²) in [6.45, 7) is 0.832. The molecule has 0 aromatic heterocycles. The fraction of sp³-hybridized carbons (Fsp3) is 0.438. The molecule has 7 atom stereocenters. The minimum atomic E-state index is -2.34. The number of esters is 2. The number of carbonyl (C=O) groups excluding carboxylic acids is 2. The summed E-state index contributed by atoms with van der Waals surface area (Å²) in [7, 11) is 1.38. The molecule has 2 bridgehead atoms. The Labute approximate surface area is 254 Å². The number of phenols is 1. The van der Waals surface area contributed by atoms with E-state index in [0.717, 1.165) is 24.1 Å². The molecule has 0 amide bonds. The summed E-state index contributed by atoms with van der Waals surface area (Å²) in [6.07, 6.45) is -3.15. The smallest absolute Gasteiger partial charge is 0.334 e. The van der Waals surface area contributed by atoms with Crippen molar-refractivity contribution in [1.29, 1.82) is 0 Å². The van der Waals surface area contributed by atoms with Gasteiger partial charge in [0.2, 0.25) is 5.79 Å². The maximum absolute atomic E-state index is 14.0. The standard InChI is InChI=1S/C32H38O12/c1-18(35)42-29-27(38)28-25(37)8-11-32(40,44-28)30(29)43-31(39)23(15-20-6-7-24(36)26(16-20)41-2)17-22(10-13-34)21-5-3-4-19(14-21)9-12-33/h3-8,11,14-16,22,25,27-30,33-34,36-38,40H,9-10,12-13,17H2,1-2H3. The Morgan fingerprint density at radius 3 is 2.55 bits per heavy atom. The number of aliphatic hydroxyl groups excluding tert-OH is 4. The Bertz CT molecular complexity index is 1390. The highest BCUT2D eigenvalue weighted by molar-refractivity contribution is 5.94. The summed E-state index contributed by atoms with van der Waals surface area (Å²) in [5, 5.41) is 61.8. The SMILES string of the molecule is COc1cc(C=C(CC(CCO)c2cccc(CCO)c2)C(=O)OC2C(OC(C)=O)C(O)C3OC2(O)C=CC3O)ccc1O. The van der Waals surface area contributed by atoms with E-state index < -0.39 is 54.2 Å². The first-order valence-electron chi connectivity index (χ1n) is 14.2. The molecule has 2 aromatic carbocycles. The largest absolute Gasteiger partial charge is 0.504 e. The van der Waals surface area contributed by atoms with E-state index >= 15 is 0 Å². The average molecular weight is 615 g/mol. The third-order valence-electron chi connectivity index (χ3n) is 7.68. The van der Waals surface area contributed by atoms with Gasteiger partial charge < -0.3 is 49.6 Å². The van der Waals surface area contributed by atoms with E-state index in [1.807, 2.05) is 24.3 Å². The van der Waals surface area contributed by atoms with E-state index in [9.17, 15) is 40.2 Å². The number of ether oxygens (including phenoxy) is 4. The van der Waals surface area contributed by atoms with Crippen LogP contribution in [0.5, 0.6) is 11.5 Å². The number of benzene rings is 2. The Kier molecular flexibility index (Phi) is 10.8. The van der Waals surface area contributed by atoms with Crippen molar-refractivity contribution in [3.63, 3.8) is 0 Å². The molecule has 2 heterocycles. The van der Waals surface area contributed by atoms with Gasteiger partial charge in [-0.05, 0) is 66.2 Å². The van der Waals surface area contributed by atoms with Gasteiger partial charge in [0.25, 0.3) is 0 Å². The van der Waals surface area contributed by atoms with Crippen molar-refractivity contribution < 1.29 is 59.2 Å². The van der Waals surface area contributed by atoms with Crippen LogP contribution in [0.3, 0.4) is 0 Å². The van der Waals surface area contributed by atoms with Gasteiger partial charge in [-0.3, -0.25) is 4.79 Å². The second-order valence-corrected chi connectivity index (χ2v) is 10.8. The Morgan fingerprint density at radius 2 is 1.86 bits per heavy atom. The van der Waals surface area contributed by atoms with Gasteiger partial charge in [0.15, 0.2) is 23.7 Å². The number of carbonyl (C=O) groups is 2. The van der Waals surface area contributed by atoms with Gasteiger partial charge in [0.05, 0.1) is 7.11 Å². The average Bonchev–Trinajstić information content (AvgIpc) is 2.99. The minimum absolute atomic E-state index is 0.0368. The lowest BCUT2D eigenvalue weighted by Gasteiger charge is -2.49. The molecule has 2 aliphatic rings. The zero-order chi connectivity index (χ0) is 32.0. The summed E-state index contributed by atoms with van der Waals surface area (Å²) in [5.74, 6) is -4.47. The molecule has 6 N–H and O–H groups in total. The van der Waals surface area contributed by atoms with Crippen LogP contribution < -0.4 is 4.74 Å². The summed E-state index contributed by atoms with van der Waals surface area (Å²) < 4.78 is 21.7. The maximum atomic E-state index is 14.0. The maximum Gasteiger partial charge on any atom is 0.334 e. The third-order valence-corrected chi connectivity index (χ3v) is 7.68. The molecule has 1 fully saturated rings. The highest BCUT2D eigenvalue weighted by Gasteiger charge is 2.59. The summed E-state index contributed by atoms with van der Waals surface area (Å²) in [6, 6.07) is 11.8. The van der Waals surface area contributed by atoms with Crippen molar-refractivity contribution in [3.8, 4) is 11.5 Å². The van der Waals surface area contributed by atoms with E-state index in [1.165, 1.54) is 31.4 Å². The third kappa shape index (κ3) is 7.46. The van der Waals surface area contributed by atoms with Crippen molar-refractivity contribution in [1.82, 2.24) is 0 Å². The van der Waals surface area contributed by atoms with Crippen LogP contribution in [-0.2, 0) is 30.2 Å². The predicted octanol–water partition coefficient (Wildman–Crippen LogP) is 1.10. The van der Waals surface area contributed by atoms with Crippen molar-refractivity contribution >= 4 is 18.0 Å². The lowest BCUT2D eigenvalue weighted by molar-refractivity contribution is -0.340. The van der Waals surface area contributed by atoms with E-state index in [0.29, 0.717) is 12.0 Å². The summed E-state index contributed by atoms with van der Waals surface area (Å²) >= 11 is 0. The van der Waals surface area contributed by atoms with Crippen molar-refractivity contribution in [2.45, 2.75) is 68.4 Å². The first kappa shape index (κ1) is 33.1. The Hall–Kier alpha value is -3.78. The van der Waals surface area contributed by atoms with E-state index in [-0.39, 0.29) is 43.1 Å². The van der Waals surface area contributed by atoms with Crippen LogP contribution in [0.25, 0.3) is 6.08 Å². The van der Waals surface area contributed by atoms with Crippen LogP contribution >= 0.6 is 0 Å². The summed E-state index contributed by atoms with van der Waals surface area (Å²) in [5.41, 5.74) is 2.20. The zero-order valence-electron chi connectivity index (χ0n) is 24.4. The molecule has 12 heteroatoms. The monoisotopic (exact) mass is 614 g/mol. The van der Waals surface area contributed by atoms with Crippen LogP contribution in [0, 0.1) is 0 Å². The highest BCUT2D eigenvalue weighted by Crippen LogP contribution is 2.39. The Balaban J connectivity index is 1.75. The van der Waals surface area contributed by atoms with Gasteiger partial charge in [-0.25, -0.2) is 4.79 Å². The quantitative estimate of drug-likeness (QED) is 0.113. The van der Waals surface area contributed by atoms with E-state index in [1.54, 1.807) is 6.07 Å². The molecule has 2 aromatic rings. The molecule has 0 spiro atoms. The van der Waals surface area contributed by atoms with Crippen molar-refractivity contribution in [3.05, 3.63) is 76.9 Å². The van der Waals surface area contributed by atoms with E-state index in [4.69, 9.17) is 18.9 Å². The van der Waals surface area contributed by atoms with E-state index in [2.05, 4.69) is 0 Å². The first-order chi connectivity index (χ1) is 21.0. The van der Waals surface area contributed by atoms with Crippen LogP contribution in [0.2, 0.25) is 0 Å². The Morgan fingerprint density at radius 1 is 1.09 bits per heavy atom. The molecule has 0 saturated carbocycles. The molecular formula is C32H38O12. The zero-order valence-corrected chi connectivity index (χ0v) is 24.4. The van der Waals surface area contributed by atoms with Gasteiger partial charge in [-0.2, -0.15) is 0 Å². The fourth-order valence-corrected chi connectivity index (χ4v) is 5.50.